The molecule has 2 aromatic rings. The fourth-order valence-corrected chi connectivity index (χ4v) is 2.15. The highest BCUT2D eigenvalue weighted by atomic mass is 16.5. The molecule has 3 nitrogen and oxygen atoms in total. The van der Waals surface area contributed by atoms with Crippen molar-refractivity contribution in [1.29, 1.82) is 0 Å². The zero-order valence-corrected chi connectivity index (χ0v) is 12.4. The van der Waals surface area contributed by atoms with Crippen LogP contribution in [0.5, 0.6) is 5.75 Å². The molecule has 0 unspecified atom stereocenters. The van der Waals surface area contributed by atoms with Crippen molar-refractivity contribution in [3.63, 3.8) is 0 Å². The van der Waals surface area contributed by atoms with E-state index in [-0.39, 0.29) is 0 Å². The number of ether oxygens (including phenoxy) is 1. The molecule has 3 heteroatoms. The van der Waals surface area contributed by atoms with Gasteiger partial charge < -0.3 is 4.74 Å². The Kier molecular flexibility index (Phi) is 6.15. The summed E-state index contributed by atoms with van der Waals surface area (Å²) in [6.45, 7) is 5.21. The maximum atomic E-state index is 5.69. The van der Waals surface area contributed by atoms with Gasteiger partial charge in [-0.05, 0) is 31.4 Å². The summed E-state index contributed by atoms with van der Waals surface area (Å²) in [6.07, 6.45) is 11.3. The number of aromatic nitrogens is 2. The Morgan fingerprint density at radius 3 is 2.75 bits per heavy atom. The monoisotopic (exact) mass is 273 g/mol. The summed E-state index contributed by atoms with van der Waals surface area (Å²) in [5.41, 5.74) is 0. The second kappa shape index (κ2) is 8.41. The number of hydrogen-bond donors (Lipinski definition) is 0. The molecule has 0 spiro atoms. The van der Waals surface area contributed by atoms with Crippen molar-refractivity contribution in [3.05, 3.63) is 49.1 Å². The minimum atomic E-state index is 0.793. The molecule has 2 rings (SSSR count). The molecule has 0 amide bonds. The molecular formula is C17H25N2O+. The van der Waals surface area contributed by atoms with Gasteiger partial charge in [0.1, 0.15) is 18.1 Å². The van der Waals surface area contributed by atoms with Crippen LogP contribution in [0.25, 0.3) is 0 Å². The summed E-state index contributed by atoms with van der Waals surface area (Å²) >= 11 is 0. The highest BCUT2D eigenvalue weighted by Crippen LogP contribution is 2.08. The number of aryl methyl sites for hydroxylation is 2. The Bertz CT molecular complexity index is 479. The highest BCUT2D eigenvalue weighted by molar-refractivity contribution is 5.20. The Labute approximate surface area is 121 Å². The molecule has 0 N–H and O–H groups in total. The van der Waals surface area contributed by atoms with Crippen LogP contribution in [0.3, 0.4) is 0 Å². The molecule has 0 radical (unpaired) electrons. The van der Waals surface area contributed by atoms with Gasteiger partial charge in [-0.1, -0.05) is 31.5 Å². The summed E-state index contributed by atoms with van der Waals surface area (Å²) in [6, 6.07) is 10.0. The second-order valence-electron chi connectivity index (χ2n) is 5.11. The Morgan fingerprint density at radius 1 is 1.10 bits per heavy atom. The summed E-state index contributed by atoms with van der Waals surface area (Å²) in [5, 5.41) is 0. The first kappa shape index (κ1) is 14.6. The van der Waals surface area contributed by atoms with Crippen LogP contribution in [0.4, 0.5) is 0 Å². The van der Waals surface area contributed by atoms with E-state index in [1.807, 2.05) is 30.3 Å². The molecule has 1 aromatic heterocycles. The van der Waals surface area contributed by atoms with Crippen LogP contribution in [0.1, 0.15) is 32.6 Å². The summed E-state index contributed by atoms with van der Waals surface area (Å²) < 4.78 is 10.2. The molecule has 20 heavy (non-hydrogen) atoms. The molecule has 0 bridgehead atoms. The van der Waals surface area contributed by atoms with E-state index < -0.39 is 0 Å². The van der Waals surface area contributed by atoms with Crippen molar-refractivity contribution in [2.45, 2.75) is 45.7 Å². The minimum absolute atomic E-state index is 0.793. The third kappa shape index (κ3) is 5.08. The topological polar surface area (TPSA) is 18.0 Å². The molecule has 1 aromatic carbocycles. The van der Waals surface area contributed by atoms with E-state index in [9.17, 15) is 0 Å². The normalized spacial score (nSPS) is 10.7. The fraction of sp³-hybridized carbons (Fsp3) is 0.471. The predicted octanol–water partition coefficient (Wildman–Crippen LogP) is 3.43. The van der Waals surface area contributed by atoms with Gasteiger partial charge in [-0.15, -0.1) is 0 Å². The summed E-state index contributed by atoms with van der Waals surface area (Å²) in [4.78, 5) is 0. The third-order valence-corrected chi connectivity index (χ3v) is 3.34. The molecular weight excluding hydrogens is 248 g/mol. The molecule has 0 aliphatic carbocycles. The maximum absolute atomic E-state index is 5.69. The number of benzene rings is 1. The van der Waals surface area contributed by atoms with Crippen LogP contribution in [0.15, 0.2) is 49.1 Å². The van der Waals surface area contributed by atoms with Crippen molar-refractivity contribution in [1.82, 2.24) is 4.57 Å². The highest BCUT2D eigenvalue weighted by Gasteiger charge is 2.02. The van der Waals surface area contributed by atoms with E-state index in [1.165, 1.54) is 12.8 Å². The quantitative estimate of drug-likeness (QED) is 0.505. The van der Waals surface area contributed by atoms with Crippen LogP contribution < -0.4 is 9.30 Å². The number of hydrogen-bond acceptors (Lipinski definition) is 1. The number of nitrogens with zero attached hydrogens (tertiary/aromatic N) is 2. The first-order chi connectivity index (χ1) is 9.88. The predicted molar refractivity (Wildman–Crippen MR) is 80.7 cm³/mol. The van der Waals surface area contributed by atoms with Crippen LogP contribution in [0.2, 0.25) is 0 Å². The summed E-state index contributed by atoms with van der Waals surface area (Å²) in [7, 11) is 0. The molecule has 0 atom stereocenters. The van der Waals surface area contributed by atoms with Gasteiger partial charge in [0, 0.05) is 0 Å². The van der Waals surface area contributed by atoms with Gasteiger partial charge in [0.2, 0.25) is 6.33 Å². The summed E-state index contributed by atoms with van der Waals surface area (Å²) in [5.74, 6) is 0.964. The van der Waals surface area contributed by atoms with Crippen LogP contribution in [0, 0.1) is 0 Å². The van der Waals surface area contributed by atoms with Gasteiger partial charge in [0.25, 0.3) is 0 Å². The van der Waals surface area contributed by atoms with Crippen LogP contribution >= 0.6 is 0 Å². The first-order valence-corrected chi connectivity index (χ1v) is 7.61. The van der Waals surface area contributed by atoms with Gasteiger partial charge in [-0.3, -0.25) is 0 Å². The molecule has 0 saturated heterocycles. The van der Waals surface area contributed by atoms with Gasteiger partial charge in [-0.25, -0.2) is 9.13 Å². The smallest absolute Gasteiger partial charge is 0.243 e. The van der Waals surface area contributed by atoms with Gasteiger partial charge in [0.05, 0.1) is 19.7 Å². The second-order valence-corrected chi connectivity index (χ2v) is 5.11. The fourth-order valence-electron chi connectivity index (χ4n) is 2.15. The lowest BCUT2D eigenvalue weighted by Crippen LogP contribution is -2.31. The Balaban J connectivity index is 1.60. The molecule has 1 heterocycles. The Hall–Kier alpha value is -1.77. The van der Waals surface area contributed by atoms with Crippen LogP contribution in [-0.2, 0) is 13.1 Å². The Morgan fingerprint density at radius 2 is 1.95 bits per heavy atom. The van der Waals surface area contributed by atoms with Gasteiger partial charge in [-0.2, -0.15) is 0 Å². The van der Waals surface area contributed by atoms with E-state index in [2.05, 4.69) is 34.8 Å². The number of unbranched alkanes of at least 4 members (excludes halogenated alkanes) is 2. The maximum Gasteiger partial charge on any atom is 0.243 e. The van der Waals surface area contributed by atoms with E-state index in [4.69, 9.17) is 4.74 Å². The average Bonchev–Trinajstić information content (AvgIpc) is 2.94. The SMILES string of the molecule is CCCCn1cc[n+](CCCCOc2ccccc2)c1. The first-order valence-electron chi connectivity index (χ1n) is 7.61. The molecule has 0 saturated carbocycles. The largest absolute Gasteiger partial charge is 0.494 e. The lowest BCUT2D eigenvalue weighted by Gasteiger charge is -2.04. The lowest BCUT2D eigenvalue weighted by molar-refractivity contribution is -0.696. The standard InChI is InChI=1S/C17H25N2O/c1-2-3-11-18-13-14-19(16-18)12-7-8-15-20-17-9-5-4-6-10-17/h4-6,9-10,13-14,16H,2-3,7-8,11-12,15H2,1H3/q+1. The zero-order chi connectivity index (χ0) is 14.0. The third-order valence-electron chi connectivity index (χ3n) is 3.34. The van der Waals surface area contributed by atoms with E-state index in [1.54, 1.807) is 0 Å². The van der Waals surface area contributed by atoms with Crippen molar-refractivity contribution >= 4 is 0 Å². The van der Waals surface area contributed by atoms with Crippen molar-refractivity contribution in [2.75, 3.05) is 6.61 Å². The zero-order valence-electron chi connectivity index (χ0n) is 12.4. The van der Waals surface area contributed by atoms with E-state index in [0.717, 1.165) is 38.3 Å². The number of rotatable bonds is 9. The molecule has 0 aliphatic rings. The van der Waals surface area contributed by atoms with Gasteiger partial charge in [0.15, 0.2) is 0 Å². The van der Waals surface area contributed by atoms with Crippen molar-refractivity contribution in [2.24, 2.45) is 0 Å². The van der Waals surface area contributed by atoms with E-state index >= 15 is 0 Å². The van der Waals surface area contributed by atoms with E-state index in [0.29, 0.717) is 0 Å². The number of para-hydroxylation sites is 1. The lowest BCUT2D eigenvalue weighted by atomic mass is 10.3. The van der Waals surface area contributed by atoms with Crippen LogP contribution in [-0.4, -0.2) is 11.2 Å². The molecule has 108 valence electrons. The van der Waals surface area contributed by atoms with Crippen molar-refractivity contribution in [3.8, 4) is 5.75 Å². The minimum Gasteiger partial charge on any atom is -0.494 e. The average molecular weight is 273 g/mol. The molecule has 0 fully saturated rings. The molecule has 0 aliphatic heterocycles. The van der Waals surface area contributed by atoms with Gasteiger partial charge >= 0.3 is 0 Å². The van der Waals surface area contributed by atoms with Crippen molar-refractivity contribution < 1.29 is 9.30 Å². The number of imidazole rings is 1.